The second-order valence-corrected chi connectivity index (χ2v) is 4.14. The zero-order valence-electron chi connectivity index (χ0n) is 10.9. The number of halogens is 1. The van der Waals surface area contributed by atoms with E-state index in [4.69, 9.17) is 11.0 Å². The van der Waals surface area contributed by atoms with E-state index in [-0.39, 0.29) is 23.1 Å². The van der Waals surface area contributed by atoms with Crippen molar-refractivity contribution in [2.45, 2.75) is 0 Å². The molecule has 0 spiro atoms. The van der Waals surface area contributed by atoms with Crippen LogP contribution < -0.4 is 16.0 Å². The van der Waals surface area contributed by atoms with Gasteiger partial charge in [0.15, 0.2) is 0 Å². The maximum absolute atomic E-state index is 13.8. The molecule has 0 saturated carbocycles. The van der Waals surface area contributed by atoms with Crippen molar-refractivity contribution in [1.82, 2.24) is 15.0 Å². The van der Waals surface area contributed by atoms with Crippen LogP contribution in [0.4, 0.5) is 27.9 Å². The Kier molecular flexibility index (Phi) is 3.61. The van der Waals surface area contributed by atoms with E-state index in [0.717, 1.165) is 6.07 Å². The van der Waals surface area contributed by atoms with Gasteiger partial charge in [0.25, 0.3) is 0 Å². The standard InChI is InChI=1S/C12H12FN7/c1-20(2)12-18-10(15)17-11(19-12)16-9-4-3-7(6-14)5-8(9)13/h3-5H,1-2H3,(H3,15,16,17,18,19). The minimum absolute atomic E-state index is 0.0280. The van der Waals surface area contributed by atoms with Gasteiger partial charge in [0.05, 0.1) is 17.3 Å². The first kappa shape index (κ1) is 13.5. The number of anilines is 4. The number of nitrogen functional groups attached to an aromatic ring is 1. The Morgan fingerprint density at radius 1 is 1.30 bits per heavy atom. The Balaban J connectivity index is 2.33. The molecule has 102 valence electrons. The normalized spacial score (nSPS) is 9.90. The van der Waals surface area contributed by atoms with Gasteiger partial charge in [-0.25, -0.2) is 4.39 Å². The number of benzene rings is 1. The van der Waals surface area contributed by atoms with Gasteiger partial charge in [-0.05, 0) is 18.2 Å². The van der Waals surface area contributed by atoms with Crippen LogP contribution in [0, 0.1) is 17.1 Å². The van der Waals surface area contributed by atoms with E-state index in [9.17, 15) is 4.39 Å². The Morgan fingerprint density at radius 3 is 2.65 bits per heavy atom. The van der Waals surface area contributed by atoms with E-state index in [0.29, 0.717) is 5.95 Å². The summed E-state index contributed by atoms with van der Waals surface area (Å²) < 4.78 is 13.8. The summed E-state index contributed by atoms with van der Waals surface area (Å²) in [5.74, 6) is -0.0615. The van der Waals surface area contributed by atoms with Crippen molar-refractivity contribution in [3.63, 3.8) is 0 Å². The fraction of sp³-hybridized carbons (Fsp3) is 0.167. The summed E-state index contributed by atoms with van der Waals surface area (Å²) in [5, 5.41) is 11.4. The van der Waals surface area contributed by atoms with Crippen LogP contribution in [0.3, 0.4) is 0 Å². The van der Waals surface area contributed by atoms with Crippen LogP contribution in [-0.4, -0.2) is 29.0 Å². The first-order valence-electron chi connectivity index (χ1n) is 5.65. The molecule has 8 heteroatoms. The molecular weight excluding hydrogens is 261 g/mol. The molecule has 0 atom stereocenters. The van der Waals surface area contributed by atoms with Crippen molar-refractivity contribution in [2.24, 2.45) is 0 Å². The summed E-state index contributed by atoms with van der Waals surface area (Å²) >= 11 is 0. The molecule has 2 aromatic rings. The average Bonchev–Trinajstić information content (AvgIpc) is 2.40. The van der Waals surface area contributed by atoms with Gasteiger partial charge < -0.3 is 16.0 Å². The van der Waals surface area contributed by atoms with E-state index in [1.54, 1.807) is 19.0 Å². The highest BCUT2D eigenvalue weighted by molar-refractivity contribution is 5.57. The van der Waals surface area contributed by atoms with Crippen molar-refractivity contribution in [3.05, 3.63) is 29.6 Å². The van der Waals surface area contributed by atoms with Gasteiger partial charge >= 0.3 is 0 Å². The van der Waals surface area contributed by atoms with Crippen LogP contribution in [0.1, 0.15) is 5.56 Å². The second kappa shape index (κ2) is 5.36. The molecule has 0 unspecified atom stereocenters. The predicted molar refractivity (Wildman–Crippen MR) is 73.0 cm³/mol. The van der Waals surface area contributed by atoms with Gasteiger partial charge in [-0.2, -0.15) is 20.2 Å². The number of hydrogen-bond acceptors (Lipinski definition) is 7. The van der Waals surface area contributed by atoms with E-state index >= 15 is 0 Å². The van der Waals surface area contributed by atoms with E-state index in [2.05, 4.69) is 20.3 Å². The van der Waals surface area contributed by atoms with Crippen LogP contribution in [-0.2, 0) is 0 Å². The molecule has 0 aliphatic carbocycles. The lowest BCUT2D eigenvalue weighted by Crippen LogP contribution is -2.15. The van der Waals surface area contributed by atoms with Gasteiger partial charge in [-0.15, -0.1) is 0 Å². The average molecular weight is 273 g/mol. The highest BCUT2D eigenvalue weighted by atomic mass is 19.1. The molecule has 1 heterocycles. The quantitative estimate of drug-likeness (QED) is 0.867. The van der Waals surface area contributed by atoms with Crippen LogP contribution in [0.15, 0.2) is 18.2 Å². The molecule has 0 aliphatic heterocycles. The molecule has 0 radical (unpaired) electrons. The molecule has 0 aliphatic rings. The lowest BCUT2D eigenvalue weighted by atomic mass is 10.2. The van der Waals surface area contributed by atoms with Crippen molar-refractivity contribution in [2.75, 3.05) is 30.0 Å². The first-order valence-corrected chi connectivity index (χ1v) is 5.65. The third-order valence-corrected chi connectivity index (χ3v) is 2.39. The van der Waals surface area contributed by atoms with Gasteiger partial charge in [0.1, 0.15) is 5.82 Å². The molecule has 2 rings (SSSR count). The highest BCUT2D eigenvalue weighted by Gasteiger charge is 2.09. The smallest absolute Gasteiger partial charge is 0.233 e. The summed E-state index contributed by atoms with van der Waals surface area (Å²) in [5.41, 5.74) is 5.95. The fourth-order valence-electron chi connectivity index (χ4n) is 1.44. The van der Waals surface area contributed by atoms with Gasteiger partial charge in [0.2, 0.25) is 17.8 Å². The van der Waals surface area contributed by atoms with Crippen molar-refractivity contribution < 1.29 is 4.39 Å². The van der Waals surface area contributed by atoms with Crippen molar-refractivity contribution in [3.8, 4) is 6.07 Å². The van der Waals surface area contributed by atoms with Gasteiger partial charge in [-0.3, -0.25) is 0 Å². The Labute approximate surface area is 114 Å². The number of nitrogens with two attached hydrogens (primary N) is 1. The summed E-state index contributed by atoms with van der Waals surface area (Å²) in [6, 6.07) is 5.90. The number of aromatic nitrogens is 3. The van der Waals surface area contributed by atoms with Crippen molar-refractivity contribution in [1.29, 1.82) is 5.26 Å². The minimum Gasteiger partial charge on any atom is -0.368 e. The molecule has 1 aromatic carbocycles. The lowest BCUT2D eigenvalue weighted by molar-refractivity contribution is 0.631. The number of rotatable bonds is 3. The van der Waals surface area contributed by atoms with Gasteiger partial charge in [0, 0.05) is 14.1 Å². The third-order valence-electron chi connectivity index (χ3n) is 2.39. The number of nitriles is 1. The van der Waals surface area contributed by atoms with Crippen LogP contribution in [0.5, 0.6) is 0 Å². The van der Waals surface area contributed by atoms with Gasteiger partial charge in [-0.1, -0.05) is 0 Å². The van der Waals surface area contributed by atoms with E-state index in [1.807, 2.05) is 6.07 Å². The summed E-state index contributed by atoms with van der Waals surface area (Å²) in [4.78, 5) is 13.6. The topological polar surface area (TPSA) is 104 Å². The third kappa shape index (κ3) is 2.89. The molecular formula is C12H12FN7. The highest BCUT2D eigenvalue weighted by Crippen LogP contribution is 2.20. The summed E-state index contributed by atoms with van der Waals surface area (Å²) in [6.45, 7) is 0. The zero-order valence-corrected chi connectivity index (χ0v) is 10.9. The van der Waals surface area contributed by atoms with Crippen LogP contribution in [0.25, 0.3) is 0 Å². The molecule has 1 aromatic heterocycles. The summed E-state index contributed by atoms with van der Waals surface area (Å²) in [7, 11) is 3.50. The molecule has 0 fully saturated rings. The SMILES string of the molecule is CN(C)c1nc(N)nc(Nc2ccc(C#N)cc2F)n1. The Bertz CT molecular complexity index is 678. The largest absolute Gasteiger partial charge is 0.368 e. The van der Waals surface area contributed by atoms with E-state index < -0.39 is 5.82 Å². The van der Waals surface area contributed by atoms with E-state index in [1.165, 1.54) is 12.1 Å². The molecule has 0 saturated heterocycles. The fourth-order valence-corrected chi connectivity index (χ4v) is 1.44. The van der Waals surface area contributed by atoms with Crippen molar-refractivity contribution >= 4 is 23.5 Å². The molecule has 0 bridgehead atoms. The van der Waals surface area contributed by atoms with Crippen LogP contribution in [0.2, 0.25) is 0 Å². The molecule has 3 N–H and O–H groups in total. The zero-order chi connectivity index (χ0) is 14.7. The molecule has 0 amide bonds. The first-order chi connectivity index (χ1) is 9.49. The van der Waals surface area contributed by atoms with Crippen LogP contribution >= 0.6 is 0 Å². The monoisotopic (exact) mass is 273 g/mol. The lowest BCUT2D eigenvalue weighted by Gasteiger charge is -2.12. The minimum atomic E-state index is -0.575. The number of hydrogen-bond donors (Lipinski definition) is 2. The summed E-state index contributed by atoms with van der Waals surface area (Å²) in [6.07, 6.45) is 0. The Morgan fingerprint density at radius 2 is 2.05 bits per heavy atom. The molecule has 20 heavy (non-hydrogen) atoms. The second-order valence-electron chi connectivity index (χ2n) is 4.14. The maximum Gasteiger partial charge on any atom is 0.233 e. The number of nitrogens with zero attached hydrogens (tertiary/aromatic N) is 5. The maximum atomic E-state index is 13.8. The molecule has 7 nitrogen and oxygen atoms in total. The number of nitrogens with one attached hydrogen (secondary N) is 1. The predicted octanol–water partition coefficient (Wildman–Crippen LogP) is 1.27. The Hall–Kier alpha value is -2.95.